The molecule has 1 aromatic heterocycles. The van der Waals surface area contributed by atoms with Gasteiger partial charge in [-0.05, 0) is 87.0 Å². The van der Waals surface area contributed by atoms with Crippen LogP contribution in [0, 0.1) is 0 Å². The summed E-state index contributed by atoms with van der Waals surface area (Å²) in [5.74, 6) is 0.935. The highest BCUT2D eigenvalue weighted by molar-refractivity contribution is 6.03. The maximum atomic E-state index is 12.4. The van der Waals surface area contributed by atoms with Gasteiger partial charge in [-0.15, -0.1) is 0 Å². The minimum atomic E-state index is 0.115. The fourth-order valence-corrected chi connectivity index (χ4v) is 5.81. The van der Waals surface area contributed by atoms with E-state index in [4.69, 9.17) is 9.72 Å². The standard InChI is InChI=1S/C30H37N3O3/c1-4-33(5-2)23-12-10-22(11-13-23)31-30-24-16-20(21-9-15-27(35)28(17-21)36-3)8-14-26(24)32-29(19-6-7-19)25(30)18-34/h8-9,14-19,22-23,35H,4-7,10-13H2,1-3H3,(H,31,32). The van der Waals surface area contributed by atoms with Gasteiger partial charge < -0.3 is 20.1 Å². The number of phenols is 1. The lowest BCUT2D eigenvalue weighted by molar-refractivity contribution is 0.112. The number of aromatic nitrogens is 1. The van der Waals surface area contributed by atoms with E-state index in [9.17, 15) is 9.90 Å². The number of ether oxygens (including phenoxy) is 1. The van der Waals surface area contributed by atoms with Crippen molar-refractivity contribution in [3.05, 3.63) is 47.7 Å². The van der Waals surface area contributed by atoms with Crippen molar-refractivity contribution in [2.24, 2.45) is 0 Å². The van der Waals surface area contributed by atoms with E-state index in [1.54, 1.807) is 13.2 Å². The van der Waals surface area contributed by atoms with Crippen molar-refractivity contribution < 1.29 is 14.6 Å². The zero-order valence-corrected chi connectivity index (χ0v) is 21.6. The third-order valence-corrected chi connectivity index (χ3v) is 8.02. The first kappa shape index (κ1) is 24.6. The van der Waals surface area contributed by atoms with Crippen molar-refractivity contribution in [2.75, 3.05) is 25.5 Å². The van der Waals surface area contributed by atoms with Crippen LogP contribution in [0.1, 0.15) is 74.3 Å². The van der Waals surface area contributed by atoms with Crippen LogP contribution in [0.5, 0.6) is 11.5 Å². The highest BCUT2D eigenvalue weighted by Gasteiger charge is 2.31. The number of rotatable bonds is 9. The molecule has 190 valence electrons. The van der Waals surface area contributed by atoms with Crippen LogP contribution < -0.4 is 10.1 Å². The fourth-order valence-electron chi connectivity index (χ4n) is 5.81. The lowest BCUT2D eigenvalue weighted by atomic mass is 9.89. The summed E-state index contributed by atoms with van der Waals surface area (Å²) in [6.07, 6.45) is 7.73. The molecule has 0 amide bonds. The van der Waals surface area contributed by atoms with Gasteiger partial charge in [0.15, 0.2) is 17.8 Å². The van der Waals surface area contributed by atoms with Crippen LogP contribution in [0.4, 0.5) is 5.69 Å². The second-order valence-corrected chi connectivity index (χ2v) is 10.2. The average molecular weight is 488 g/mol. The van der Waals surface area contributed by atoms with Crippen molar-refractivity contribution in [3.8, 4) is 22.6 Å². The number of carbonyl (C=O) groups excluding carboxylic acids is 1. The van der Waals surface area contributed by atoms with E-state index in [0.717, 1.165) is 84.0 Å². The third kappa shape index (κ3) is 4.79. The number of phenolic OH excluding ortho intramolecular Hbond substituents is 1. The number of aromatic hydroxyl groups is 1. The normalized spacial score (nSPS) is 20.0. The smallest absolute Gasteiger partial charge is 0.161 e. The molecule has 6 nitrogen and oxygen atoms in total. The molecule has 6 heteroatoms. The predicted octanol–water partition coefficient (Wildman–Crippen LogP) is 6.37. The molecule has 36 heavy (non-hydrogen) atoms. The van der Waals surface area contributed by atoms with E-state index in [-0.39, 0.29) is 5.75 Å². The minimum Gasteiger partial charge on any atom is -0.504 e. The lowest BCUT2D eigenvalue weighted by Gasteiger charge is -2.36. The molecule has 2 N–H and O–H groups in total. The molecule has 0 spiro atoms. The molecule has 2 fully saturated rings. The van der Waals surface area contributed by atoms with Gasteiger partial charge >= 0.3 is 0 Å². The Hall–Kier alpha value is -3.12. The molecule has 0 aliphatic heterocycles. The Bertz CT molecular complexity index is 1240. The van der Waals surface area contributed by atoms with Gasteiger partial charge in [0.1, 0.15) is 0 Å². The van der Waals surface area contributed by atoms with Gasteiger partial charge in [0, 0.05) is 23.4 Å². The summed E-state index contributed by atoms with van der Waals surface area (Å²) < 4.78 is 5.32. The molecule has 2 aliphatic rings. The molecule has 2 saturated carbocycles. The van der Waals surface area contributed by atoms with E-state index in [0.29, 0.717) is 23.8 Å². The topological polar surface area (TPSA) is 74.7 Å². The molecule has 0 atom stereocenters. The second kappa shape index (κ2) is 10.5. The zero-order chi connectivity index (χ0) is 25.2. The Balaban J connectivity index is 1.52. The van der Waals surface area contributed by atoms with Crippen molar-refractivity contribution in [2.45, 2.75) is 70.4 Å². The maximum absolute atomic E-state index is 12.4. The Labute approximate surface area is 213 Å². The van der Waals surface area contributed by atoms with E-state index in [2.05, 4.69) is 36.2 Å². The van der Waals surface area contributed by atoms with Crippen LogP contribution in [0.2, 0.25) is 0 Å². The molecular formula is C30H37N3O3. The predicted molar refractivity (Wildman–Crippen MR) is 145 cm³/mol. The van der Waals surface area contributed by atoms with Gasteiger partial charge in [0.25, 0.3) is 0 Å². The quantitative estimate of drug-likeness (QED) is 0.342. The summed E-state index contributed by atoms with van der Waals surface area (Å²) in [6.45, 7) is 6.68. The molecule has 2 aliphatic carbocycles. The van der Waals surface area contributed by atoms with Crippen LogP contribution >= 0.6 is 0 Å². The number of fused-ring (bicyclic) bond motifs is 1. The summed E-state index contributed by atoms with van der Waals surface area (Å²) in [6, 6.07) is 12.6. The van der Waals surface area contributed by atoms with Crippen molar-refractivity contribution in [1.29, 1.82) is 0 Å². The SMILES string of the molecule is CCN(CC)C1CCC(Nc2c(C=O)c(C3CC3)nc3ccc(-c4ccc(O)c(OC)c4)cc23)CC1. The zero-order valence-electron chi connectivity index (χ0n) is 21.6. The van der Waals surface area contributed by atoms with Gasteiger partial charge in [0.2, 0.25) is 0 Å². The van der Waals surface area contributed by atoms with E-state index in [1.165, 1.54) is 12.8 Å². The molecule has 2 aromatic carbocycles. The Morgan fingerprint density at radius 3 is 2.36 bits per heavy atom. The molecule has 0 bridgehead atoms. The largest absolute Gasteiger partial charge is 0.504 e. The summed E-state index contributed by atoms with van der Waals surface area (Å²) >= 11 is 0. The monoisotopic (exact) mass is 487 g/mol. The van der Waals surface area contributed by atoms with E-state index < -0.39 is 0 Å². The molecule has 3 aromatic rings. The number of pyridine rings is 1. The highest BCUT2D eigenvalue weighted by atomic mass is 16.5. The van der Waals surface area contributed by atoms with E-state index >= 15 is 0 Å². The Morgan fingerprint density at radius 1 is 1.03 bits per heavy atom. The summed E-state index contributed by atoms with van der Waals surface area (Å²) in [4.78, 5) is 20.0. The van der Waals surface area contributed by atoms with Crippen molar-refractivity contribution >= 4 is 22.9 Å². The van der Waals surface area contributed by atoms with Crippen LogP contribution in [0.25, 0.3) is 22.0 Å². The van der Waals surface area contributed by atoms with Crippen molar-refractivity contribution in [3.63, 3.8) is 0 Å². The average Bonchev–Trinajstić information content (AvgIpc) is 3.76. The van der Waals surface area contributed by atoms with Crippen LogP contribution in [-0.4, -0.2) is 53.6 Å². The van der Waals surface area contributed by atoms with Crippen molar-refractivity contribution in [1.82, 2.24) is 9.88 Å². The van der Waals surface area contributed by atoms with Gasteiger partial charge in [-0.2, -0.15) is 0 Å². The first-order valence-electron chi connectivity index (χ1n) is 13.4. The second-order valence-electron chi connectivity index (χ2n) is 10.2. The maximum Gasteiger partial charge on any atom is 0.161 e. The summed E-state index contributed by atoms with van der Waals surface area (Å²) in [5.41, 5.74) is 5.43. The first-order valence-corrected chi connectivity index (χ1v) is 13.4. The van der Waals surface area contributed by atoms with E-state index in [1.807, 2.05) is 18.2 Å². The fraction of sp³-hybridized carbons (Fsp3) is 0.467. The highest BCUT2D eigenvalue weighted by Crippen LogP contribution is 2.44. The number of methoxy groups -OCH3 is 1. The van der Waals surface area contributed by atoms with Crippen LogP contribution in [0.15, 0.2) is 36.4 Å². The number of anilines is 1. The number of carbonyl (C=O) groups is 1. The first-order chi connectivity index (χ1) is 17.6. The number of aldehydes is 1. The van der Waals surface area contributed by atoms with Gasteiger partial charge in [-0.3, -0.25) is 9.78 Å². The van der Waals surface area contributed by atoms with Crippen LogP contribution in [0.3, 0.4) is 0 Å². The molecular weight excluding hydrogens is 450 g/mol. The van der Waals surface area contributed by atoms with Gasteiger partial charge in [0.05, 0.1) is 29.6 Å². The summed E-state index contributed by atoms with van der Waals surface area (Å²) in [5, 5.41) is 14.8. The number of benzene rings is 2. The molecule has 0 unspecified atom stereocenters. The number of hydrogen-bond acceptors (Lipinski definition) is 6. The molecule has 0 radical (unpaired) electrons. The lowest BCUT2D eigenvalue weighted by Crippen LogP contribution is -2.40. The van der Waals surface area contributed by atoms with Gasteiger partial charge in [-0.1, -0.05) is 26.0 Å². The number of hydrogen-bond donors (Lipinski definition) is 2. The Morgan fingerprint density at radius 2 is 1.72 bits per heavy atom. The molecule has 0 saturated heterocycles. The van der Waals surface area contributed by atoms with Crippen LogP contribution in [-0.2, 0) is 0 Å². The Kier molecular flexibility index (Phi) is 7.15. The molecule has 1 heterocycles. The number of nitrogens with one attached hydrogen (secondary N) is 1. The summed E-state index contributed by atoms with van der Waals surface area (Å²) in [7, 11) is 1.55. The third-order valence-electron chi connectivity index (χ3n) is 8.02. The molecule has 5 rings (SSSR count). The minimum absolute atomic E-state index is 0.115. The number of nitrogens with zero attached hydrogens (tertiary/aromatic N) is 2. The van der Waals surface area contributed by atoms with Gasteiger partial charge in [-0.25, -0.2) is 0 Å².